The number of hydrogen-bond donors (Lipinski definition) is 1. The summed E-state index contributed by atoms with van der Waals surface area (Å²) in [5, 5.41) is 2.73. The molecule has 34 heavy (non-hydrogen) atoms. The van der Waals surface area contributed by atoms with Crippen molar-refractivity contribution in [3.05, 3.63) is 99.5 Å². The van der Waals surface area contributed by atoms with E-state index in [1.54, 1.807) is 13.2 Å². The first kappa shape index (κ1) is 22.3. The molecule has 4 aromatic carbocycles. The lowest BCUT2D eigenvalue weighted by molar-refractivity contribution is 0.100. The van der Waals surface area contributed by atoms with E-state index in [-0.39, 0.29) is 0 Å². The van der Waals surface area contributed by atoms with Crippen molar-refractivity contribution in [2.45, 2.75) is 13.5 Å². The second kappa shape index (κ2) is 8.71. The first-order valence-corrected chi connectivity index (χ1v) is 11.5. The number of carbonyl (C=O) groups is 1. The fourth-order valence-corrected chi connectivity index (χ4v) is 5.19. The van der Waals surface area contributed by atoms with Crippen molar-refractivity contribution >= 4 is 50.9 Å². The summed E-state index contributed by atoms with van der Waals surface area (Å²) in [6, 6.07) is 24.4. The van der Waals surface area contributed by atoms with E-state index in [9.17, 15) is 4.79 Å². The smallest absolute Gasteiger partial charge is 0.249 e. The van der Waals surface area contributed by atoms with Gasteiger partial charge in [-0.25, -0.2) is 0 Å². The quantitative estimate of drug-likeness (QED) is 0.289. The molecule has 1 radical (unpaired) electrons. The number of methoxy groups -OCH3 is 1. The van der Waals surface area contributed by atoms with Gasteiger partial charge in [0.2, 0.25) is 5.91 Å². The molecule has 1 heterocycles. The second-order valence-corrected chi connectivity index (χ2v) is 9.01. The van der Waals surface area contributed by atoms with E-state index < -0.39 is 5.91 Å². The molecule has 1 aromatic heterocycles. The summed E-state index contributed by atoms with van der Waals surface area (Å²) >= 11 is 13.0. The lowest BCUT2D eigenvalue weighted by Gasteiger charge is -2.12. The summed E-state index contributed by atoms with van der Waals surface area (Å²) in [4.78, 5) is 12.3. The topological polar surface area (TPSA) is 57.2 Å². The summed E-state index contributed by atoms with van der Waals surface area (Å²) in [6.45, 7) is 2.60. The highest BCUT2D eigenvalue weighted by Crippen LogP contribution is 2.39. The molecule has 0 spiro atoms. The van der Waals surface area contributed by atoms with Gasteiger partial charge in [0.05, 0.1) is 18.1 Å². The lowest BCUT2D eigenvalue weighted by atomic mass is 10.0. The maximum absolute atomic E-state index is 12.3. The molecule has 1 amide bonds. The highest BCUT2D eigenvalue weighted by atomic mass is 35.5. The van der Waals surface area contributed by atoms with Crippen molar-refractivity contribution in [1.82, 2.24) is 4.57 Å². The Morgan fingerprint density at radius 2 is 1.76 bits per heavy atom. The van der Waals surface area contributed by atoms with Crippen LogP contribution in [0.5, 0.6) is 5.75 Å². The lowest BCUT2D eigenvalue weighted by Crippen LogP contribution is -2.11. The number of aromatic nitrogens is 1. The molecule has 0 fully saturated rings. The monoisotopic (exact) mass is 487 g/mol. The number of ether oxygens (including phenoxy) is 1. The van der Waals surface area contributed by atoms with Gasteiger partial charge in [-0.2, -0.15) is 0 Å². The number of halogens is 2. The summed E-state index contributed by atoms with van der Waals surface area (Å²) in [6.07, 6.45) is 0. The van der Waals surface area contributed by atoms with Crippen LogP contribution in [0.15, 0.2) is 66.7 Å². The molecule has 6 heteroatoms. The zero-order chi connectivity index (χ0) is 24.0. The third-order valence-corrected chi connectivity index (χ3v) is 6.74. The third kappa shape index (κ3) is 3.69. The molecule has 0 saturated heterocycles. The van der Waals surface area contributed by atoms with Gasteiger partial charge >= 0.3 is 0 Å². The van der Waals surface area contributed by atoms with E-state index in [1.165, 1.54) is 0 Å². The zero-order valence-corrected chi connectivity index (χ0v) is 20.2. The number of primary amides is 1. The van der Waals surface area contributed by atoms with Crippen molar-refractivity contribution in [2.24, 2.45) is 5.73 Å². The Balaban J connectivity index is 1.80. The van der Waals surface area contributed by atoms with E-state index in [2.05, 4.69) is 16.7 Å². The Morgan fingerprint density at radius 1 is 1.03 bits per heavy atom. The predicted octanol–water partition coefficient (Wildman–Crippen LogP) is 7.03. The number of fused-ring (bicyclic) bond motifs is 3. The molecule has 169 valence electrons. The van der Waals surface area contributed by atoms with Crippen LogP contribution in [0, 0.1) is 13.0 Å². The van der Waals surface area contributed by atoms with Crippen LogP contribution in [-0.2, 0) is 6.54 Å². The van der Waals surface area contributed by atoms with E-state index in [1.807, 2.05) is 61.5 Å². The molecule has 0 aliphatic heterocycles. The largest absolute Gasteiger partial charge is 0.496 e. The number of benzene rings is 4. The molecule has 5 rings (SSSR count). The maximum atomic E-state index is 12.3. The Labute approximate surface area is 207 Å². The molecule has 2 N–H and O–H groups in total. The average Bonchev–Trinajstić information content (AvgIpc) is 3.12. The van der Waals surface area contributed by atoms with Crippen molar-refractivity contribution in [3.63, 3.8) is 0 Å². The van der Waals surface area contributed by atoms with Gasteiger partial charge in [0.15, 0.2) is 0 Å². The summed E-state index contributed by atoms with van der Waals surface area (Å²) in [5.74, 6) is 0.363. The highest BCUT2D eigenvalue weighted by Gasteiger charge is 2.19. The van der Waals surface area contributed by atoms with Crippen molar-refractivity contribution in [1.29, 1.82) is 0 Å². The number of nitrogens with zero attached hydrogens (tertiary/aromatic N) is 1. The van der Waals surface area contributed by atoms with Crippen LogP contribution >= 0.6 is 23.2 Å². The maximum Gasteiger partial charge on any atom is 0.249 e. The minimum atomic E-state index is -0.475. The second-order valence-electron chi connectivity index (χ2n) is 8.20. The molecule has 0 aliphatic rings. The van der Waals surface area contributed by atoms with E-state index >= 15 is 0 Å². The fraction of sp³-hybridized carbons (Fsp3) is 0.107. The van der Waals surface area contributed by atoms with Gasteiger partial charge in [-0.05, 0) is 72.1 Å². The number of carbonyl (C=O) groups excluding carboxylic acids is 1. The molecule has 5 aromatic rings. The van der Waals surface area contributed by atoms with Gasteiger partial charge in [0.1, 0.15) is 5.75 Å². The van der Waals surface area contributed by atoms with Gasteiger partial charge in [-0.1, -0.05) is 47.5 Å². The summed E-state index contributed by atoms with van der Waals surface area (Å²) in [7, 11) is 1.66. The van der Waals surface area contributed by atoms with Crippen LogP contribution in [0.1, 0.15) is 21.5 Å². The fourth-order valence-electron chi connectivity index (χ4n) is 4.57. The standard InChI is InChI=1S/C28H21Cl2N2O2/c1-16-13-17(9-12-25(16)34-2)15-32-23-8-3-5-20(28(31)33)27(23)19-11-10-18(14-24(19)32)26-21(29)6-4-7-22(26)30/h3-10,12-14H,15H2,1-2H3,(H2,31,33). The van der Waals surface area contributed by atoms with Crippen LogP contribution in [0.25, 0.3) is 32.9 Å². The Bertz CT molecular complexity index is 1570. The van der Waals surface area contributed by atoms with Crippen LogP contribution in [0.3, 0.4) is 0 Å². The van der Waals surface area contributed by atoms with E-state index in [4.69, 9.17) is 33.7 Å². The highest BCUT2D eigenvalue weighted by molar-refractivity contribution is 6.39. The van der Waals surface area contributed by atoms with E-state index in [0.717, 1.165) is 49.8 Å². The molecule has 0 unspecified atom stereocenters. The summed E-state index contributed by atoms with van der Waals surface area (Å²) in [5.41, 5.74) is 11.8. The molecule has 4 nitrogen and oxygen atoms in total. The summed E-state index contributed by atoms with van der Waals surface area (Å²) < 4.78 is 7.59. The van der Waals surface area contributed by atoms with Crippen LogP contribution in [0.2, 0.25) is 10.0 Å². The third-order valence-electron chi connectivity index (χ3n) is 6.11. The number of amides is 1. The zero-order valence-electron chi connectivity index (χ0n) is 18.7. The molecule has 0 aliphatic carbocycles. The molecular weight excluding hydrogens is 467 g/mol. The SMILES string of the molecule is COc1ccc(Cn2c3cc(-c4c(Cl)cccc4Cl)c[c]c3c3c(C(N)=O)cccc32)cc1C. The van der Waals surface area contributed by atoms with Crippen molar-refractivity contribution in [3.8, 4) is 16.9 Å². The van der Waals surface area contributed by atoms with Gasteiger partial charge in [0.25, 0.3) is 0 Å². The number of rotatable bonds is 5. The number of hydrogen-bond acceptors (Lipinski definition) is 2. The Morgan fingerprint density at radius 3 is 2.44 bits per heavy atom. The average molecular weight is 488 g/mol. The van der Waals surface area contributed by atoms with Crippen LogP contribution in [-0.4, -0.2) is 17.6 Å². The molecule has 0 bridgehead atoms. The first-order chi connectivity index (χ1) is 16.4. The molecule has 0 saturated carbocycles. The van der Waals surface area contributed by atoms with Gasteiger partial charge in [0, 0.05) is 38.5 Å². The van der Waals surface area contributed by atoms with Crippen molar-refractivity contribution in [2.75, 3.05) is 7.11 Å². The molecular formula is C28H21Cl2N2O2. The van der Waals surface area contributed by atoms with Crippen molar-refractivity contribution < 1.29 is 9.53 Å². The minimum absolute atomic E-state index is 0.465. The van der Waals surface area contributed by atoms with Gasteiger partial charge in [-0.15, -0.1) is 0 Å². The Kier molecular flexibility index (Phi) is 5.72. The van der Waals surface area contributed by atoms with Crippen LogP contribution in [0.4, 0.5) is 0 Å². The van der Waals surface area contributed by atoms with Gasteiger partial charge < -0.3 is 15.0 Å². The number of aryl methyl sites for hydroxylation is 1. The van der Waals surface area contributed by atoms with Crippen LogP contribution < -0.4 is 10.5 Å². The number of nitrogens with two attached hydrogens (primary N) is 1. The molecule has 0 atom stereocenters. The first-order valence-electron chi connectivity index (χ1n) is 10.7. The minimum Gasteiger partial charge on any atom is -0.496 e. The normalized spacial score (nSPS) is 11.3. The predicted molar refractivity (Wildman–Crippen MR) is 139 cm³/mol. The Hall–Kier alpha value is -3.47. The van der Waals surface area contributed by atoms with Gasteiger partial charge in [-0.3, -0.25) is 4.79 Å². The van der Waals surface area contributed by atoms with E-state index in [0.29, 0.717) is 22.2 Å².